The van der Waals surface area contributed by atoms with Gasteiger partial charge in [0.05, 0.1) is 18.3 Å². The maximum atomic E-state index is 12.3. The van der Waals surface area contributed by atoms with Crippen LogP contribution in [0.3, 0.4) is 0 Å². The molecule has 0 saturated heterocycles. The van der Waals surface area contributed by atoms with Crippen molar-refractivity contribution in [3.63, 3.8) is 0 Å². The van der Waals surface area contributed by atoms with Gasteiger partial charge >= 0.3 is 0 Å². The van der Waals surface area contributed by atoms with E-state index in [0.29, 0.717) is 28.7 Å². The highest BCUT2D eigenvalue weighted by atomic mass is 35.5. The molecular weight excluding hydrogens is 363 g/mol. The number of aromatic nitrogens is 5. The van der Waals surface area contributed by atoms with E-state index >= 15 is 0 Å². The largest absolute Gasteiger partial charge is 0.289 e. The first kappa shape index (κ1) is 17.4. The molecule has 0 aliphatic heterocycles. The maximum absolute atomic E-state index is 12.3. The van der Waals surface area contributed by atoms with E-state index in [1.807, 2.05) is 19.9 Å². The van der Waals surface area contributed by atoms with Crippen LogP contribution in [0.25, 0.3) is 0 Å². The molecule has 2 heterocycles. The topological polar surface area (TPSA) is 77.6 Å². The van der Waals surface area contributed by atoms with Crippen LogP contribution in [0.2, 0.25) is 10.0 Å². The molecule has 3 rings (SSSR count). The third-order valence-corrected chi connectivity index (χ3v) is 4.34. The zero-order valence-corrected chi connectivity index (χ0v) is 15.2. The van der Waals surface area contributed by atoms with Gasteiger partial charge in [0.15, 0.2) is 0 Å². The number of carbonyl (C=O) groups is 1. The molecule has 9 heteroatoms. The van der Waals surface area contributed by atoms with E-state index < -0.39 is 0 Å². The van der Waals surface area contributed by atoms with Gasteiger partial charge in [-0.05, 0) is 31.5 Å². The third kappa shape index (κ3) is 3.83. The number of halogens is 2. The number of aryl methyl sites for hydroxylation is 1. The predicted octanol–water partition coefficient (Wildman–Crippen LogP) is 3.41. The molecule has 7 nitrogen and oxygen atoms in total. The molecule has 0 bridgehead atoms. The molecule has 0 aliphatic rings. The Labute approximate surface area is 154 Å². The Kier molecular flexibility index (Phi) is 5.06. The summed E-state index contributed by atoms with van der Waals surface area (Å²) in [5.41, 5.74) is 2.15. The number of carbonyl (C=O) groups excluding carboxylic acids is 1. The van der Waals surface area contributed by atoms with Crippen molar-refractivity contribution >= 4 is 35.1 Å². The summed E-state index contributed by atoms with van der Waals surface area (Å²) in [4.78, 5) is 16.4. The fourth-order valence-electron chi connectivity index (χ4n) is 2.41. The fourth-order valence-corrected chi connectivity index (χ4v) is 2.88. The number of nitrogens with zero attached hydrogens (tertiary/aromatic N) is 5. The Hall–Kier alpha value is -2.38. The molecule has 0 saturated carbocycles. The second kappa shape index (κ2) is 7.25. The first-order valence-electron chi connectivity index (χ1n) is 7.65. The number of anilines is 1. The predicted molar refractivity (Wildman–Crippen MR) is 96.2 cm³/mol. The van der Waals surface area contributed by atoms with Gasteiger partial charge in [-0.25, -0.2) is 9.67 Å². The Balaban J connectivity index is 1.71. The van der Waals surface area contributed by atoms with Gasteiger partial charge in [0, 0.05) is 22.3 Å². The number of amides is 1. The van der Waals surface area contributed by atoms with Gasteiger partial charge in [-0.1, -0.05) is 29.3 Å². The molecule has 0 atom stereocenters. The van der Waals surface area contributed by atoms with E-state index in [1.165, 1.54) is 6.33 Å². The molecule has 0 unspecified atom stereocenters. The van der Waals surface area contributed by atoms with Crippen molar-refractivity contribution in [1.29, 1.82) is 0 Å². The van der Waals surface area contributed by atoms with Crippen LogP contribution in [0.5, 0.6) is 0 Å². The van der Waals surface area contributed by atoms with Crippen molar-refractivity contribution in [2.75, 3.05) is 5.32 Å². The molecule has 0 spiro atoms. The molecule has 1 aromatic carbocycles. The number of hydrogen-bond acceptors (Lipinski definition) is 4. The van der Waals surface area contributed by atoms with Gasteiger partial charge in [-0.2, -0.15) is 5.10 Å². The summed E-state index contributed by atoms with van der Waals surface area (Å²) >= 11 is 12.1. The lowest BCUT2D eigenvalue weighted by Gasteiger charge is -2.04. The van der Waals surface area contributed by atoms with Crippen molar-refractivity contribution in [2.45, 2.75) is 26.9 Å². The summed E-state index contributed by atoms with van der Waals surface area (Å²) in [5, 5.41) is 12.2. The van der Waals surface area contributed by atoms with Crippen molar-refractivity contribution in [2.24, 2.45) is 0 Å². The van der Waals surface area contributed by atoms with Gasteiger partial charge in [-0.3, -0.25) is 14.8 Å². The zero-order valence-electron chi connectivity index (χ0n) is 13.7. The van der Waals surface area contributed by atoms with Crippen LogP contribution in [-0.4, -0.2) is 30.5 Å². The molecule has 0 aliphatic carbocycles. The molecular formula is C16H16Cl2N6O. The summed E-state index contributed by atoms with van der Waals surface area (Å²) < 4.78 is 3.34. The van der Waals surface area contributed by atoms with Crippen LogP contribution in [-0.2, 0) is 13.1 Å². The smallest absolute Gasteiger partial charge is 0.261 e. The maximum Gasteiger partial charge on any atom is 0.261 e. The highest BCUT2D eigenvalue weighted by Gasteiger charge is 2.15. The molecule has 3 aromatic rings. The van der Waals surface area contributed by atoms with E-state index in [4.69, 9.17) is 23.2 Å². The van der Waals surface area contributed by atoms with Crippen molar-refractivity contribution in [1.82, 2.24) is 24.5 Å². The SMILES string of the molecule is CCn1ncc(C(=O)Nc2ncn(Cc3ccc(Cl)cc3Cl)n2)c1C. The molecule has 0 fully saturated rings. The van der Waals surface area contributed by atoms with Gasteiger partial charge in [-0.15, -0.1) is 5.10 Å². The minimum atomic E-state index is -0.292. The number of rotatable bonds is 5. The average Bonchev–Trinajstić information content (AvgIpc) is 3.16. The molecule has 1 N–H and O–H groups in total. The Morgan fingerprint density at radius 1 is 1.32 bits per heavy atom. The van der Waals surface area contributed by atoms with Gasteiger partial charge in [0.1, 0.15) is 6.33 Å². The minimum Gasteiger partial charge on any atom is -0.289 e. The minimum absolute atomic E-state index is 0.221. The van der Waals surface area contributed by atoms with Crippen LogP contribution in [0.15, 0.2) is 30.7 Å². The van der Waals surface area contributed by atoms with Gasteiger partial charge in [0.25, 0.3) is 5.91 Å². The summed E-state index contributed by atoms with van der Waals surface area (Å²) in [6.45, 7) is 4.94. The standard InChI is InChI=1S/C16H16Cl2N6O/c1-3-24-10(2)13(7-20-24)15(25)21-16-19-9-23(22-16)8-11-4-5-12(17)6-14(11)18/h4-7,9H,3,8H2,1-2H3,(H,21,22,25). The highest BCUT2D eigenvalue weighted by molar-refractivity contribution is 6.35. The van der Waals surface area contributed by atoms with Gasteiger partial charge < -0.3 is 0 Å². The number of hydrogen-bond donors (Lipinski definition) is 1. The number of nitrogens with one attached hydrogen (secondary N) is 1. The van der Waals surface area contributed by atoms with Crippen LogP contribution in [0.1, 0.15) is 28.5 Å². The second-order valence-corrected chi connectivity index (χ2v) is 6.26. The van der Waals surface area contributed by atoms with Crippen molar-refractivity contribution < 1.29 is 4.79 Å². The van der Waals surface area contributed by atoms with Crippen molar-refractivity contribution in [3.8, 4) is 0 Å². The second-order valence-electron chi connectivity index (χ2n) is 5.42. The molecule has 2 aromatic heterocycles. The fraction of sp³-hybridized carbons (Fsp3) is 0.250. The van der Waals surface area contributed by atoms with Gasteiger partial charge in [0.2, 0.25) is 5.95 Å². The average molecular weight is 379 g/mol. The Bertz CT molecular complexity index is 917. The summed E-state index contributed by atoms with van der Waals surface area (Å²) in [6.07, 6.45) is 3.07. The third-order valence-electron chi connectivity index (χ3n) is 3.76. The van der Waals surface area contributed by atoms with Crippen LogP contribution >= 0.6 is 23.2 Å². The quantitative estimate of drug-likeness (QED) is 0.737. The Morgan fingerprint density at radius 2 is 2.12 bits per heavy atom. The van der Waals surface area contributed by atoms with Crippen molar-refractivity contribution in [3.05, 3.63) is 57.6 Å². The normalized spacial score (nSPS) is 10.9. The number of benzene rings is 1. The van der Waals surface area contributed by atoms with E-state index in [0.717, 1.165) is 11.3 Å². The highest BCUT2D eigenvalue weighted by Crippen LogP contribution is 2.21. The first-order chi connectivity index (χ1) is 12.0. The zero-order chi connectivity index (χ0) is 18.0. The molecule has 130 valence electrons. The van der Waals surface area contributed by atoms with Crippen LogP contribution in [0, 0.1) is 6.92 Å². The summed E-state index contributed by atoms with van der Waals surface area (Å²) in [7, 11) is 0. The lowest BCUT2D eigenvalue weighted by atomic mass is 10.2. The molecule has 25 heavy (non-hydrogen) atoms. The summed E-state index contributed by atoms with van der Waals surface area (Å²) in [5.74, 6) is -0.0711. The van der Waals surface area contributed by atoms with E-state index in [2.05, 4.69) is 20.5 Å². The van der Waals surface area contributed by atoms with Crippen LogP contribution in [0.4, 0.5) is 5.95 Å². The molecule has 0 radical (unpaired) electrons. The Morgan fingerprint density at radius 3 is 2.80 bits per heavy atom. The van der Waals surface area contributed by atoms with E-state index in [-0.39, 0.29) is 11.9 Å². The van der Waals surface area contributed by atoms with E-state index in [1.54, 1.807) is 27.7 Å². The lowest BCUT2D eigenvalue weighted by molar-refractivity contribution is 0.102. The molecule has 1 amide bonds. The van der Waals surface area contributed by atoms with E-state index in [9.17, 15) is 4.79 Å². The summed E-state index contributed by atoms with van der Waals surface area (Å²) in [6, 6.07) is 5.26. The monoisotopic (exact) mass is 378 g/mol. The van der Waals surface area contributed by atoms with Crippen LogP contribution < -0.4 is 5.32 Å². The lowest BCUT2D eigenvalue weighted by Crippen LogP contribution is -2.14. The first-order valence-corrected chi connectivity index (χ1v) is 8.40.